The Balaban J connectivity index is 2.38. The average molecular weight is 334 g/mol. The molecular weight excluding hydrogens is 304 g/mol. The molecule has 0 aliphatic rings. The molecule has 0 heterocycles. The van der Waals surface area contributed by atoms with Crippen LogP contribution < -0.4 is 0 Å². The third kappa shape index (κ3) is 6.65. The number of carbonyl (C=O) groups is 1. The Hall–Kier alpha value is -1.97. The van der Waals surface area contributed by atoms with E-state index in [0.717, 1.165) is 31.2 Å². The maximum absolute atomic E-state index is 11.2. The molecule has 0 radical (unpaired) electrons. The molecule has 134 valence electrons. The second-order valence-corrected chi connectivity index (χ2v) is 7.04. The number of aromatic hydroxyl groups is 2. The van der Waals surface area contributed by atoms with Crippen LogP contribution in [0.1, 0.15) is 58.9 Å². The summed E-state index contributed by atoms with van der Waals surface area (Å²) in [4.78, 5) is 11.2. The molecule has 24 heavy (non-hydrogen) atoms. The molecule has 0 spiro atoms. The van der Waals surface area contributed by atoms with Crippen molar-refractivity contribution in [1.29, 1.82) is 0 Å². The molecule has 0 aromatic heterocycles. The van der Waals surface area contributed by atoms with Gasteiger partial charge in [-0.15, -0.1) is 0 Å². The van der Waals surface area contributed by atoms with E-state index in [1.54, 1.807) is 25.1 Å². The van der Waals surface area contributed by atoms with Crippen molar-refractivity contribution in [2.45, 2.75) is 58.8 Å². The van der Waals surface area contributed by atoms with Gasteiger partial charge in [0.15, 0.2) is 0 Å². The number of ether oxygens (including phenoxy) is 1. The van der Waals surface area contributed by atoms with Crippen LogP contribution in [0.15, 0.2) is 30.4 Å². The third-order valence-corrected chi connectivity index (χ3v) is 4.37. The second-order valence-electron chi connectivity index (χ2n) is 7.04. The van der Waals surface area contributed by atoms with Crippen LogP contribution in [-0.4, -0.2) is 22.8 Å². The van der Waals surface area contributed by atoms with Crippen LogP contribution >= 0.6 is 0 Å². The van der Waals surface area contributed by atoms with E-state index >= 15 is 0 Å². The van der Waals surface area contributed by atoms with Crippen molar-refractivity contribution in [2.24, 2.45) is 5.92 Å². The number of rotatable bonds is 9. The maximum Gasteiger partial charge on any atom is 0.330 e. The van der Waals surface area contributed by atoms with Crippen molar-refractivity contribution >= 4 is 5.97 Å². The Bertz CT molecular complexity index is 561. The number of hydrogen-bond acceptors (Lipinski definition) is 4. The molecular formula is C20H30O4. The molecule has 0 fully saturated rings. The minimum Gasteiger partial charge on any atom is -0.508 e. The van der Waals surface area contributed by atoms with Gasteiger partial charge in [0, 0.05) is 12.1 Å². The van der Waals surface area contributed by atoms with Gasteiger partial charge in [0.2, 0.25) is 0 Å². The Morgan fingerprint density at radius 3 is 2.62 bits per heavy atom. The van der Waals surface area contributed by atoms with Gasteiger partial charge >= 0.3 is 5.97 Å². The van der Waals surface area contributed by atoms with Crippen LogP contribution in [0.4, 0.5) is 0 Å². The summed E-state index contributed by atoms with van der Waals surface area (Å²) in [5.41, 5.74) is 0.698. The highest BCUT2D eigenvalue weighted by molar-refractivity contribution is 5.81. The quantitative estimate of drug-likeness (QED) is 0.508. The lowest BCUT2D eigenvalue weighted by Crippen LogP contribution is -2.17. The lowest BCUT2D eigenvalue weighted by atomic mass is 9.79. The van der Waals surface area contributed by atoms with Crippen LogP contribution in [0.5, 0.6) is 11.5 Å². The Morgan fingerprint density at radius 1 is 1.29 bits per heavy atom. The Morgan fingerprint density at radius 2 is 2.00 bits per heavy atom. The molecule has 0 aliphatic carbocycles. The topological polar surface area (TPSA) is 66.8 Å². The zero-order chi connectivity index (χ0) is 18.2. The Labute approximate surface area is 145 Å². The van der Waals surface area contributed by atoms with Crippen LogP contribution in [0, 0.1) is 5.92 Å². The van der Waals surface area contributed by atoms with E-state index in [1.807, 2.05) is 0 Å². The molecule has 1 unspecified atom stereocenters. The van der Waals surface area contributed by atoms with Gasteiger partial charge < -0.3 is 14.9 Å². The van der Waals surface area contributed by atoms with Crippen LogP contribution in [-0.2, 0) is 14.9 Å². The molecule has 0 saturated heterocycles. The minimum absolute atomic E-state index is 0.0770. The fraction of sp³-hybridized carbons (Fsp3) is 0.550. The van der Waals surface area contributed by atoms with Crippen molar-refractivity contribution in [2.75, 3.05) is 6.61 Å². The third-order valence-electron chi connectivity index (χ3n) is 4.37. The summed E-state index contributed by atoms with van der Waals surface area (Å²) in [5.74, 6) is 0.415. The predicted molar refractivity (Wildman–Crippen MR) is 96.2 cm³/mol. The van der Waals surface area contributed by atoms with Gasteiger partial charge in [0.25, 0.3) is 0 Å². The fourth-order valence-electron chi connectivity index (χ4n) is 2.81. The van der Waals surface area contributed by atoms with Gasteiger partial charge in [-0.1, -0.05) is 45.8 Å². The average Bonchev–Trinajstić information content (AvgIpc) is 2.46. The summed E-state index contributed by atoms with van der Waals surface area (Å²) in [7, 11) is 0. The highest BCUT2D eigenvalue weighted by Gasteiger charge is 2.24. The lowest BCUT2D eigenvalue weighted by Gasteiger charge is -2.27. The predicted octanol–water partition coefficient (Wildman–Crippen LogP) is 4.69. The first-order valence-electron chi connectivity index (χ1n) is 8.58. The number of benzene rings is 1. The molecule has 2 N–H and O–H groups in total. The molecule has 0 bridgehead atoms. The summed E-state index contributed by atoms with van der Waals surface area (Å²) >= 11 is 0. The van der Waals surface area contributed by atoms with Crippen LogP contribution in [0.25, 0.3) is 0 Å². The van der Waals surface area contributed by atoms with E-state index < -0.39 is 0 Å². The first-order valence-corrected chi connectivity index (χ1v) is 8.58. The van der Waals surface area contributed by atoms with Crippen LogP contribution in [0.2, 0.25) is 0 Å². The van der Waals surface area contributed by atoms with Gasteiger partial charge in [-0.2, -0.15) is 0 Å². The van der Waals surface area contributed by atoms with Crippen molar-refractivity contribution in [1.82, 2.24) is 0 Å². The molecule has 1 rings (SSSR count). The zero-order valence-corrected chi connectivity index (χ0v) is 15.2. The Kier molecular flexibility index (Phi) is 7.83. The van der Waals surface area contributed by atoms with Crippen molar-refractivity contribution in [3.8, 4) is 11.5 Å². The highest BCUT2D eigenvalue weighted by atomic mass is 16.5. The second kappa shape index (κ2) is 9.36. The summed E-state index contributed by atoms with van der Waals surface area (Å²) in [6, 6.07) is 4.78. The standard InChI is InChI=1S/C20H30O4/c1-5-7-19(23)24-13-11-15(2)8-6-12-20(3,4)17-10-9-16(21)14-18(17)22/h5,7,9-10,14-15,21-22H,6,8,11-13H2,1-4H3. The maximum atomic E-state index is 11.2. The molecule has 1 atom stereocenters. The highest BCUT2D eigenvalue weighted by Crippen LogP contribution is 2.37. The summed E-state index contributed by atoms with van der Waals surface area (Å²) in [6.45, 7) is 8.60. The molecule has 1 aromatic rings. The molecule has 4 heteroatoms. The first kappa shape index (κ1) is 20.1. The number of carbonyl (C=O) groups excluding carboxylic acids is 1. The zero-order valence-electron chi connectivity index (χ0n) is 15.2. The van der Waals surface area contributed by atoms with Crippen molar-refractivity contribution in [3.63, 3.8) is 0 Å². The SMILES string of the molecule is CC=CC(=O)OCCC(C)CCCC(C)(C)c1ccc(O)cc1O. The van der Waals surface area contributed by atoms with E-state index in [1.165, 1.54) is 12.1 Å². The number of hydrogen-bond donors (Lipinski definition) is 2. The van der Waals surface area contributed by atoms with Gasteiger partial charge in [0.1, 0.15) is 11.5 Å². The minimum atomic E-state index is -0.284. The van der Waals surface area contributed by atoms with Gasteiger partial charge in [-0.25, -0.2) is 4.79 Å². The lowest BCUT2D eigenvalue weighted by molar-refractivity contribution is -0.138. The van der Waals surface area contributed by atoms with Gasteiger partial charge in [-0.05, 0) is 42.7 Å². The van der Waals surface area contributed by atoms with Crippen LogP contribution in [0.3, 0.4) is 0 Å². The molecule has 4 nitrogen and oxygen atoms in total. The summed E-state index contributed by atoms with van der Waals surface area (Å²) in [5, 5.41) is 19.4. The largest absolute Gasteiger partial charge is 0.508 e. The number of esters is 1. The molecule has 1 aromatic carbocycles. The summed E-state index contributed by atoms with van der Waals surface area (Å²) < 4.78 is 5.11. The van der Waals surface area contributed by atoms with Gasteiger partial charge in [-0.3, -0.25) is 0 Å². The normalized spacial score (nSPS) is 13.2. The first-order chi connectivity index (χ1) is 11.3. The summed E-state index contributed by atoms with van der Waals surface area (Å²) in [6.07, 6.45) is 6.97. The molecule has 0 amide bonds. The van der Waals surface area contributed by atoms with Gasteiger partial charge in [0.05, 0.1) is 6.61 Å². The number of phenolic OH excluding ortho intramolecular Hbond substituents is 2. The molecule has 0 aliphatic heterocycles. The smallest absolute Gasteiger partial charge is 0.330 e. The van der Waals surface area contributed by atoms with E-state index in [0.29, 0.717) is 12.5 Å². The number of allylic oxidation sites excluding steroid dienone is 1. The van der Waals surface area contributed by atoms with E-state index in [4.69, 9.17) is 4.74 Å². The number of phenols is 2. The van der Waals surface area contributed by atoms with E-state index in [-0.39, 0.29) is 22.9 Å². The van der Waals surface area contributed by atoms with E-state index in [9.17, 15) is 15.0 Å². The van der Waals surface area contributed by atoms with Crippen molar-refractivity contribution in [3.05, 3.63) is 35.9 Å². The molecule has 0 saturated carbocycles. The monoisotopic (exact) mass is 334 g/mol. The van der Waals surface area contributed by atoms with E-state index in [2.05, 4.69) is 20.8 Å². The van der Waals surface area contributed by atoms with Crippen molar-refractivity contribution < 1.29 is 19.7 Å². The fourth-order valence-corrected chi connectivity index (χ4v) is 2.81.